The standard InChI is InChI=1S/C13H12BrN3O2S2/c1-17(7-10-5-13(14)20-8-10)21(18,19)12-3-2-9(6-15)4-11(12)16/h2-5,8H,7,16H2,1H3. The Labute approximate surface area is 135 Å². The molecule has 0 saturated heterocycles. The molecule has 5 nitrogen and oxygen atoms in total. The predicted octanol–water partition coefficient (Wildman–Crippen LogP) is 2.79. The second-order valence-electron chi connectivity index (χ2n) is 4.38. The first-order chi connectivity index (χ1) is 9.84. The highest BCUT2D eigenvalue weighted by molar-refractivity contribution is 9.11. The lowest BCUT2D eigenvalue weighted by Gasteiger charge is -2.17. The fourth-order valence-electron chi connectivity index (χ4n) is 1.79. The van der Waals surface area contributed by atoms with Gasteiger partial charge in [0.1, 0.15) is 4.90 Å². The maximum absolute atomic E-state index is 12.5. The molecule has 0 atom stereocenters. The van der Waals surface area contributed by atoms with E-state index in [9.17, 15) is 8.42 Å². The average molecular weight is 386 g/mol. The lowest BCUT2D eigenvalue weighted by molar-refractivity contribution is 0.467. The SMILES string of the molecule is CN(Cc1csc(Br)c1)S(=O)(=O)c1ccc(C#N)cc1N. The van der Waals surface area contributed by atoms with Crippen molar-refractivity contribution in [1.82, 2.24) is 4.31 Å². The van der Waals surface area contributed by atoms with Crippen LogP contribution in [0.4, 0.5) is 5.69 Å². The molecule has 0 saturated carbocycles. The maximum Gasteiger partial charge on any atom is 0.245 e. The molecule has 21 heavy (non-hydrogen) atoms. The number of benzene rings is 1. The van der Waals surface area contributed by atoms with E-state index in [-0.39, 0.29) is 17.1 Å². The number of halogens is 1. The van der Waals surface area contributed by atoms with Crippen molar-refractivity contribution >= 4 is 43.0 Å². The minimum Gasteiger partial charge on any atom is -0.398 e. The summed E-state index contributed by atoms with van der Waals surface area (Å²) in [6.07, 6.45) is 0. The Balaban J connectivity index is 2.31. The number of hydrogen-bond donors (Lipinski definition) is 1. The Kier molecular flexibility index (Phi) is 4.68. The van der Waals surface area contributed by atoms with Crippen LogP contribution in [0.1, 0.15) is 11.1 Å². The number of nitriles is 1. The Bertz CT molecular complexity index is 809. The highest BCUT2D eigenvalue weighted by Gasteiger charge is 2.23. The van der Waals surface area contributed by atoms with Crippen LogP contribution in [0.3, 0.4) is 0 Å². The quantitative estimate of drug-likeness (QED) is 0.819. The molecule has 1 aromatic carbocycles. The van der Waals surface area contributed by atoms with Crippen LogP contribution in [0.25, 0.3) is 0 Å². The summed E-state index contributed by atoms with van der Waals surface area (Å²) in [5.41, 5.74) is 7.06. The molecule has 110 valence electrons. The van der Waals surface area contributed by atoms with Gasteiger partial charge in [-0.05, 0) is 51.1 Å². The number of nitrogens with zero attached hydrogens (tertiary/aromatic N) is 2. The average Bonchev–Trinajstić information content (AvgIpc) is 2.83. The second kappa shape index (κ2) is 6.15. The third kappa shape index (κ3) is 3.44. The third-order valence-corrected chi connectivity index (χ3v) is 6.28. The topological polar surface area (TPSA) is 87.2 Å². The Morgan fingerprint density at radius 3 is 2.67 bits per heavy atom. The van der Waals surface area contributed by atoms with Crippen LogP contribution in [0.15, 0.2) is 38.3 Å². The van der Waals surface area contributed by atoms with Gasteiger partial charge in [0.15, 0.2) is 0 Å². The van der Waals surface area contributed by atoms with Crippen LogP contribution < -0.4 is 5.73 Å². The molecular formula is C13H12BrN3O2S2. The highest BCUT2D eigenvalue weighted by atomic mass is 79.9. The van der Waals surface area contributed by atoms with Crippen LogP contribution >= 0.6 is 27.3 Å². The molecule has 8 heteroatoms. The van der Waals surface area contributed by atoms with E-state index in [1.807, 2.05) is 17.5 Å². The van der Waals surface area contributed by atoms with Gasteiger partial charge in [-0.1, -0.05) is 0 Å². The number of nitrogens with two attached hydrogens (primary N) is 1. The van der Waals surface area contributed by atoms with Gasteiger partial charge in [0, 0.05) is 13.6 Å². The van der Waals surface area contributed by atoms with Crippen LogP contribution in [-0.4, -0.2) is 19.8 Å². The first kappa shape index (κ1) is 16.0. The van der Waals surface area contributed by atoms with E-state index in [1.165, 1.54) is 40.9 Å². The molecule has 2 aromatic rings. The van der Waals surface area contributed by atoms with E-state index in [1.54, 1.807) is 0 Å². The van der Waals surface area contributed by atoms with Crippen LogP contribution in [0.5, 0.6) is 0 Å². The van der Waals surface area contributed by atoms with Crippen molar-refractivity contribution in [2.45, 2.75) is 11.4 Å². The normalized spacial score (nSPS) is 11.5. The van der Waals surface area contributed by atoms with Crippen LogP contribution in [0, 0.1) is 11.3 Å². The Morgan fingerprint density at radius 1 is 1.43 bits per heavy atom. The molecule has 1 heterocycles. The van der Waals surface area contributed by atoms with Gasteiger partial charge in [-0.15, -0.1) is 11.3 Å². The van der Waals surface area contributed by atoms with Crippen molar-refractivity contribution in [3.63, 3.8) is 0 Å². The van der Waals surface area contributed by atoms with Crippen molar-refractivity contribution in [3.8, 4) is 6.07 Å². The molecule has 0 aliphatic carbocycles. The second-order valence-corrected chi connectivity index (χ2v) is 8.69. The summed E-state index contributed by atoms with van der Waals surface area (Å²) in [6, 6.07) is 7.97. The van der Waals surface area contributed by atoms with Crippen molar-refractivity contribution in [3.05, 3.63) is 44.6 Å². The van der Waals surface area contributed by atoms with Gasteiger partial charge in [-0.25, -0.2) is 8.42 Å². The monoisotopic (exact) mass is 385 g/mol. The fraction of sp³-hybridized carbons (Fsp3) is 0.154. The molecule has 0 bridgehead atoms. The van der Waals surface area contributed by atoms with Gasteiger partial charge >= 0.3 is 0 Å². The summed E-state index contributed by atoms with van der Waals surface area (Å²) in [6.45, 7) is 0.254. The fourth-order valence-corrected chi connectivity index (χ4v) is 4.24. The minimum absolute atomic E-state index is 0.0123. The van der Waals surface area contributed by atoms with Gasteiger partial charge in [-0.2, -0.15) is 9.57 Å². The number of sulfonamides is 1. The first-order valence-electron chi connectivity index (χ1n) is 5.83. The number of thiophene rings is 1. The van der Waals surface area contributed by atoms with E-state index in [2.05, 4.69) is 15.9 Å². The van der Waals surface area contributed by atoms with Gasteiger partial charge < -0.3 is 5.73 Å². The van der Waals surface area contributed by atoms with Crippen molar-refractivity contribution in [2.75, 3.05) is 12.8 Å². The molecule has 0 amide bonds. The molecule has 2 rings (SSSR count). The van der Waals surface area contributed by atoms with E-state index in [4.69, 9.17) is 11.0 Å². The van der Waals surface area contributed by atoms with Gasteiger partial charge in [0.2, 0.25) is 10.0 Å². The van der Waals surface area contributed by atoms with Crippen molar-refractivity contribution < 1.29 is 8.42 Å². The number of hydrogen-bond acceptors (Lipinski definition) is 5. The molecular weight excluding hydrogens is 374 g/mol. The zero-order chi connectivity index (χ0) is 15.6. The highest BCUT2D eigenvalue weighted by Crippen LogP contribution is 2.26. The first-order valence-corrected chi connectivity index (χ1v) is 8.94. The summed E-state index contributed by atoms with van der Waals surface area (Å²) in [4.78, 5) is 0.0123. The summed E-state index contributed by atoms with van der Waals surface area (Å²) in [7, 11) is -2.20. The van der Waals surface area contributed by atoms with E-state index in [0.717, 1.165) is 9.35 Å². The molecule has 0 unspecified atom stereocenters. The van der Waals surface area contributed by atoms with Crippen LogP contribution in [-0.2, 0) is 16.6 Å². The summed E-state index contributed by atoms with van der Waals surface area (Å²) in [5.74, 6) is 0. The van der Waals surface area contributed by atoms with E-state index in [0.29, 0.717) is 5.56 Å². The molecule has 0 radical (unpaired) electrons. The van der Waals surface area contributed by atoms with Crippen molar-refractivity contribution in [1.29, 1.82) is 5.26 Å². The lowest BCUT2D eigenvalue weighted by Crippen LogP contribution is -2.27. The zero-order valence-electron chi connectivity index (χ0n) is 11.1. The van der Waals surface area contributed by atoms with Crippen LogP contribution in [0.2, 0.25) is 0 Å². The maximum atomic E-state index is 12.5. The molecule has 0 fully saturated rings. The minimum atomic E-state index is -3.70. The summed E-state index contributed by atoms with van der Waals surface area (Å²) >= 11 is 4.84. The number of rotatable bonds is 4. The number of nitrogen functional groups attached to an aromatic ring is 1. The Morgan fingerprint density at radius 2 is 2.14 bits per heavy atom. The smallest absolute Gasteiger partial charge is 0.245 e. The Hall–Kier alpha value is -1.40. The largest absolute Gasteiger partial charge is 0.398 e. The van der Waals surface area contributed by atoms with Gasteiger partial charge in [-0.3, -0.25) is 0 Å². The molecule has 0 aliphatic rings. The lowest BCUT2D eigenvalue weighted by atomic mass is 10.2. The summed E-state index contributed by atoms with van der Waals surface area (Å²) in [5, 5.41) is 10.7. The van der Waals surface area contributed by atoms with Crippen molar-refractivity contribution in [2.24, 2.45) is 0 Å². The van der Waals surface area contributed by atoms with E-state index >= 15 is 0 Å². The molecule has 0 aliphatic heterocycles. The van der Waals surface area contributed by atoms with Gasteiger partial charge in [0.25, 0.3) is 0 Å². The summed E-state index contributed by atoms with van der Waals surface area (Å²) < 4.78 is 27.2. The molecule has 1 aromatic heterocycles. The predicted molar refractivity (Wildman–Crippen MR) is 86.2 cm³/mol. The van der Waals surface area contributed by atoms with Gasteiger partial charge in [0.05, 0.1) is 21.1 Å². The number of anilines is 1. The third-order valence-electron chi connectivity index (χ3n) is 2.85. The zero-order valence-corrected chi connectivity index (χ0v) is 14.3. The molecule has 2 N–H and O–H groups in total. The van der Waals surface area contributed by atoms with E-state index < -0.39 is 10.0 Å². The molecule has 0 spiro atoms.